The summed E-state index contributed by atoms with van der Waals surface area (Å²) >= 11 is 12.1. The van der Waals surface area contributed by atoms with Gasteiger partial charge in [0, 0.05) is 25.0 Å². The number of hydrogen-bond acceptors (Lipinski definition) is 3. The van der Waals surface area contributed by atoms with Gasteiger partial charge < -0.3 is 4.57 Å². The Kier molecular flexibility index (Phi) is 5.34. The van der Waals surface area contributed by atoms with E-state index in [1.165, 1.54) is 42.6 Å². The predicted octanol–water partition coefficient (Wildman–Crippen LogP) is 3.93. The minimum atomic E-state index is -4.16. The van der Waals surface area contributed by atoms with Crippen LogP contribution in [0.1, 0.15) is 17.4 Å². The van der Waals surface area contributed by atoms with Crippen LogP contribution in [0.2, 0.25) is 10.0 Å². The standard InChI is InChI=1S/C17H14Cl2FN3O2S/c1-23-10-9-21-17(23)15(11-5-2-3-8-14(11)20)22-26(24,25)16-12(18)6-4-7-13(16)19/h2-10,15,22H,1H3. The highest BCUT2D eigenvalue weighted by Gasteiger charge is 2.30. The molecule has 2 aromatic carbocycles. The summed E-state index contributed by atoms with van der Waals surface area (Å²) in [6, 6.07) is 9.19. The third-order valence-electron chi connectivity index (χ3n) is 3.79. The molecule has 26 heavy (non-hydrogen) atoms. The molecule has 0 bridgehead atoms. The maximum atomic E-state index is 14.4. The molecule has 0 spiro atoms. The molecular weight excluding hydrogens is 400 g/mol. The normalized spacial score (nSPS) is 12.9. The third kappa shape index (κ3) is 3.61. The minimum Gasteiger partial charge on any atom is -0.336 e. The van der Waals surface area contributed by atoms with Crippen molar-refractivity contribution in [3.63, 3.8) is 0 Å². The summed E-state index contributed by atoms with van der Waals surface area (Å²) in [7, 11) is -2.47. The van der Waals surface area contributed by atoms with Gasteiger partial charge in [-0.05, 0) is 18.2 Å². The van der Waals surface area contributed by atoms with E-state index in [1.807, 2.05) is 0 Å². The highest BCUT2D eigenvalue weighted by Crippen LogP contribution is 2.32. The molecule has 0 saturated carbocycles. The third-order valence-corrected chi connectivity index (χ3v) is 6.17. The molecule has 1 N–H and O–H groups in total. The van der Waals surface area contributed by atoms with E-state index in [4.69, 9.17) is 23.2 Å². The van der Waals surface area contributed by atoms with E-state index < -0.39 is 21.9 Å². The smallest absolute Gasteiger partial charge is 0.244 e. The quantitative estimate of drug-likeness (QED) is 0.688. The number of sulfonamides is 1. The summed E-state index contributed by atoms with van der Waals surface area (Å²) in [5, 5.41) is -0.0609. The van der Waals surface area contributed by atoms with Crippen molar-refractivity contribution in [1.29, 1.82) is 0 Å². The first-order valence-corrected chi connectivity index (χ1v) is 9.73. The number of hydrogen-bond donors (Lipinski definition) is 1. The SMILES string of the molecule is Cn1ccnc1C(NS(=O)(=O)c1c(Cl)cccc1Cl)c1ccccc1F. The molecule has 3 aromatic rings. The van der Waals surface area contributed by atoms with Crippen LogP contribution in [0.15, 0.2) is 59.8 Å². The Morgan fingerprint density at radius 3 is 2.35 bits per heavy atom. The molecule has 3 rings (SSSR count). The van der Waals surface area contributed by atoms with E-state index in [2.05, 4.69) is 9.71 Å². The van der Waals surface area contributed by atoms with Gasteiger partial charge in [-0.3, -0.25) is 0 Å². The number of imidazole rings is 1. The van der Waals surface area contributed by atoms with Gasteiger partial charge in [0.2, 0.25) is 10.0 Å². The summed E-state index contributed by atoms with van der Waals surface area (Å²) < 4.78 is 44.3. The largest absolute Gasteiger partial charge is 0.336 e. The number of nitrogens with one attached hydrogen (secondary N) is 1. The van der Waals surface area contributed by atoms with Crippen LogP contribution >= 0.6 is 23.2 Å². The number of halogens is 3. The molecule has 0 saturated heterocycles. The van der Waals surface area contributed by atoms with Crippen molar-refractivity contribution in [2.75, 3.05) is 0 Å². The van der Waals surface area contributed by atoms with Crippen molar-refractivity contribution in [2.24, 2.45) is 7.05 Å². The Labute approximate surface area is 160 Å². The fraction of sp³-hybridized carbons (Fsp3) is 0.118. The van der Waals surface area contributed by atoms with Crippen LogP contribution in [0.4, 0.5) is 4.39 Å². The number of nitrogens with zero attached hydrogens (tertiary/aromatic N) is 2. The first-order chi connectivity index (χ1) is 12.3. The molecule has 0 amide bonds. The van der Waals surface area contributed by atoms with Crippen molar-refractivity contribution in [1.82, 2.24) is 14.3 Å². The molecule has 5 nitrogen and oxygen atoms in total. The van der Waals surface area contributed by atoms with Crippen LogP contribution in [0.25, 0.3) is 0 Å². The molecule has 0 fully saturated rings. The van der Waals surface area contributed by atoms with Gasteiger partial charge in [0.05, 0.1) is 10.0 Å². The van der Waals surface area contributed by atoms with E-state index >= 15 is 0 Å². The van der Waals surface area contributed by atoms with Gasteiger partial charge in [-0.2, -0.15) is 4.72 Å². The maximum absolute atomic E-state index is 14.4. The van der Waals surface area contributed by atoms with Crippen LogP contribution in [0, 0.1) is 5.82 Å². The van der Waals surface area contributed by atoms with Crippen LogP contribution in [-0.4, -0.2) is 18.0 Å². The Morgan fingerprint density at radius 1 is 1.12 bits per heavy atom. The number of rotatable bonds is 5. The maximum Gasteiger partial charge on any atom is 0.244 e. The lowest BCUT2D eigenvalue weighted by Gasteiger charge is -2.20. The molecule has 9 heteroatoms. The molecule has 1 unspecified atom stereocenters. The summed E-state index contributed by atoms with van der Waals surface area (Å²) in [5.41, 5.74) is 0.133. The summed E-state index contributed by atoms with van der Waals surface area (Å²) in [5.74, 6) is -0.240. The fourth-order valence-electron chi connectivity index (χ4n) is 2.57. The van der Waals surface area contributed by atoms with Gasteiger partial charge in [-0.25, -0.2) is 17.8 Å². The topological polar surface area (TPSA) is 64.0 Å². The molecule has 136 valence electrons. The lowest BCUT2D eigenvalue weighted by molar-refractivity contribution is 0.545. The summed E-state index contributed by atoms with van der Waals surface area (Å²) in [6.45, 7) is 0. The molecule has 0 aliphatic rings. The fourth-order valence-corrected chi connectivity index (χ4v) is 4.89. The Balaban J connectivity index is 2.13. The van der Waals surface area contributed by atoms with Crippen molar-refractivity contribution in [3.05, 3.63) is 82.1 Å². The summed E-state index contributed by atoms with van der Waals surface area (Å²) in [4.78, 5) is 3.89. The van der Waals surface area contributed by atoms with Crippen LogP contribution < -0.4 is 4.72 Å². The molecule has 1 heterocycles. The average molecular weight is 414 g/mol. The van der Waals surface area contributed by atoms with E-state index in [9.17, 15) is 12.8 Å². The molecule has 0 aliphatic carbocycles. The van der Waals surface area contributed by atoms with E-state index in [-0.39, 0.29) is 20.5 Å². The van der Waals surface area contributed by atoms with E-state index in [0.29, 0.717) is 5.82 Å². The predicted molar refractivity (Wildman–Crippen MR) is 98.2 cm³/mol. The highest BCUT2D eigenvalue weighted by molar-refractivity contribution is 7.89. The number of aryl methyl sites for hydroxylation is 1. The monoisotopic (exact) mass is 413 g/mol. The van der Waals surface area contributed by atoms with Crippen molar-refractivity contribution < 1.29 is 12.8 Å². The molecule has 0 aliphatic heterocycles. The van der Waals surface area contributed by atoms with Crippen molar-refractivity contribution in [2.45, 2.75) is 10.9 Å². The summed E-state index contributed by atoms with van der Waals surface area (Å²) in [6.07, 6.45) is 3.14. The Bertz CT molecular complexity index is 1030. The van der Waals surface area contributed by atoms with E-state index in [0.717, 1.165) is 0 Å². The second kappa shape index (κ2) is 7.36. The van der Waals surface area contributed by atoms with Crippen molar-refractivity contribution >= 4 is 33.2 Å². The molecule has 0 radical (unpaired) electrons. The van der Waals surface area contributed by atoms with Gasteiger partial charge >= 0.3 is 0 Å². The molecule has 1 aromatic heterocycles. The van der Waals surface area contributed by atoms with Gasteiger partial charge in [0.25, 0.3) is 0 Å². The van der Waals surface area contributed by atoms with Crippen LogP contribution in [0.3, 0.4) is 0 Å². The second-order valence-electron chi connectivity index (χ2n) is 5.52. The lowest BCUT2D eigenvalue weighted by atomic mass is 10.1. The van der Waals surface area contributed by atoms with E-state index in [1.54, 1.807) is 23.9 Å². The van der Waals surface area contributed by atoms with Crippen LogP contribution in [-0.2, 0) is 17.1 Å². The lowest BCUT2D eigenvalue weighted by Crippen LogP contribution is -2.32. The van der Waals surface area contributed by atoms with Crippen molar-refractivity contribution in [3.8, 4) is 0 Å². The number of aromatic nitrogens is 2. The average Bonchev–Trinajstić information content (AvgIpc) is 2.99. The first-order valence-electron chi connectivity index (χ1n) is 7.49. The van der Waals surface area contributed by atoms with Gasteiger partial charge in [0.1, 0.15) is 22.6 Å². The Hall–Kier alpha value is -1.93. The van der Waals surface area contributed by atoms with Crippen LogP contribution in [0.5, 0.6) is 0 Å². The number of benzene rings is 2. The zero-order chi connectivity index (χ0) is 18.9. The zero-order valence-corrected chi connectivity index (χ0v) is 15.9. The second-order valence-corrected chi connectivity index (χ2v) is 7.99. The molecular formula is C17H14Cl2FN3O2S. The Morgan fingerprint density at radius 2 is 1.77 bits per heavy atom. The van der Waals surface area contributed by atoms with Gasteiger partial charge in [-0.15, -0.1) is 0 Å². The molecule has 1 atom stereocenters. The minimum absolute atomic E-state index is 0.0304. The van der Waals surface area contributed by atoms with Gasteiger partial charge in [0.15, 0.2) is 0 Å². The van der Waals surface area contributed by atoms with Gasteiger partial charge in [-0.1, -0.05) is 47.5 Å². The zero-order valence-electron chi connectivity index (χ0n) is 13.5. The highest BCUT2D eigenvalue weighted by atomic mass is 35.5. The first kappa shape index (κ1) is 18.8.